The van der Waals surface area contributed by atoms with Gasteiger partial charge in [0.2, 0.25) is 0 Å². The Morgan fingerprint density at radius 2 is 2.07 bits per heavy atom. The van der Waals surface area contributed by atoms with Gasteiger partial charge in [0.1, 0.15) is 0 Å². The number of amides is 2. The summed E-state index contributed by atoms with van der Waals surface area (Å²) >= 11 is 0. The number of carbonyl (C=O) groups is 1. The molecule has 1 aromatic carbocycles. The topological polar surface area (TPSA) is 78.5 Å². The molecule has 2 N–H and O–H groups in total. The third-order valence-corrected chi connectivity index (χ3v) is 7.24. The zero-order valence-electron chi connectivity index (χ0n) is 17.3. The summed E-state index contributed by atoms with van der Waals surface area (Å²) in [4.78, 5) is 14.6. The van der Waals surface area contributed by atoms with Gasteiger partial charge >= 0.3 is 6.03 Å². The summed E-state index contributed by atoms with van der Waals surface area (Å²) in [7, 11) is -1.88. The largest absolute Gasteiger partial charge is 0.333 e. The minimum absolute atomic E-state index is 0.294. The number of likely N-dealkylation sites (N-methyl/N-ethyl adjacent to an activating group) is 1. The Hall–Kier alpha value is -1.86. The van der Waals surface area contributed by atoms with Crippen molar-refractivity contribution in [1.82, 2.24) is 9.62 Å². The smallest absolute Gasteiger partial charge is 0.307 e. The molecule has 0 saturated carbocycles. The Morgan fingerprint density at radius 3 is 2.71 bits per heavy atom. The number of sulfonamides is 1. The number of hydrogen-bond donors (Lipinski definition) is 2. The van der Waals surface area contributed by atoms with E-state index in [4.69, 9.17) is 0 Å². The zero-order chi connectivity index (χ0) is 20.5. The van der Waals surface area contributed by atoms with Crippen LogP contribution in [0.25, 0.3) is 0 Å². The van der Waals surface area contributed by atoms with E-state index in [1.165, 1.54) is 11.1 Å². The standard InChI is InChI=1S/C21H31N3O3S/c1-5-16-14-17-8-6-9-18(17)19(15(16)2)22-20(25)23-28(26,27)13-11-21(3)10-7-12-24(21)4/h11,13-14H,5-10,12H2,1-4H3,(H2,22,23,25)/b13-11+/t21-/m1/s1. The van der Waals surface area contributed by atoms with Crippen molar-refractivity contribution in [2.45, 2.75) is 64.8 Å². The van der Waals surface area contributed by atoms with Crippen molar-refractivity contribution >= 4 is 21.7 Å². The lowest BCUT2D eigenvalue weighted by molar-refractivity contribution is 0.251. The van der Waals surface area contributed by atoms with Crippen molar-refractivity contribution in [2.24, 2.45) is 0 Å². The fourth-order valence-electron chi connectivity index (χ4n) is 4.32. The molecule has 1 atom stereocenters. The summed E-state index contributed by atoms with van der Waals surface area (Å²) < 4.78 is 26.9. The van der Waals surface area contributed by atoms with Gasteiger partial charge in [-0.05, 0) is 88.2 Å². The molecule has 1 fully saturated rings. The van der Waals surface area contributed by atoms with E-state index in [0.717, 1.165) is 67.3 Å². The van der Waals surface area contributed by atoms with E-state index in [9.17, 15) is 13.2 Å². The van der Waals surface area contributed by atoms with Crippen LogP contribution in [0.5, 0.6) is 0 Å². The molecule has 1 aliphatic carbocycles. The molecule has 0 radical (unpaired) electrons. The number of rotatable bonds is 5. The lowest BCUT2D eigenvalue weighted by Crippen LogP contribution is -2.37. The van der Waals surface area contributed by atoms with Gasteiger partial charge in [-0.25, -0.2) is 17.9 Å². The molecule has 1 heterocycles. The molecule has 154 valence electrons. The predicted octanol–water partition coefficient (Wildman–Crippen LogP) is 3.50. The van der Waals surface area contributed by atoms with Crippen LogP contribution < -0.4 is 10.0 Å². The summed E-state index contributed by atoms with van der Waals surface area (Å²) in [6, 6.07) is 1.51. The van der Waals surface area contributed by atoms with Crippen LogP contribution in [0.15, 0.2) is 17.6 Å². The number of urea groups is 1. The van der Waals surface area contributed by atoms with Gasteiger partial charge in [-0.3, -0.25) is 4.90 Å². The second-order valence-electron chi connectivity index (χ2n) is 8.17. The van der Waals surface area contributed by atoms with Crippen LogP contribution in [0, 0.1) is 6.92 Å². The van der Waals surface area contributed by atoms with E-state index in [0.29, 0.717) is 0 Å². The van der Waals surface area contributed by atoms with E-state index < -0.39 is 16.1 Å². The molecule has 1 aliphatic heterocycles. The number of carbonyl (C=O) groups excluding carboxylic acids is 1. The number of anilines is 1. The van der Waals surface area contributed by atoms with Gasteiger partial charge in [-0.2, -0.15) is 0 Å². The summed E-state index contributed by atoms with van der Waals surface area (Å²) in [6.07, 6.45) is 7.46. The number of hydrogen-bond acceptors (Lipinski definition) is 4. The van der Waals surface area contributed by atoms with Gasteiger partial charge in [0.15, 0.2) is 0 Å². The number of benzene rings is 1. The molecule has 6 nitrogen and oxygen atoms in total. The fraction of sp³-hybridized carbons (Fsp3) is 0.571. The van der Waals surface area contributed by atoms with Gasteiger partial charge in [-0.15, -0.1) is 0 Å². The minimum atomic E-state index is -3.86. The first-order valence-electron chi connectivity index (χ1n) is 10.0. The summed E-state index contributed by atoms with van der Waals surface area (Å²) in [5.74, 6) is 0. The minimum Gasteiger partial charge on any atom is -0.307 e. The Balaban J connectivity index is 1.75. The average molecular weight is 406 g/mol. The third-order valence-electron chi connectivity index (χ3n) is 6.28. The molecule has 2 aliphatic rings. The van der Waals surface area contributed by atoms with E-state index >= 15 is 0 Å². The van der Waals surface area contributed by atoms with E-state index in [1.807, 2.05) is 20.9 Å². The fourth-order valence-corrected chi connectivity index (χ4v) is 5.17. The Morgan fingerprint density at radius 1 is 1.32 bits per heavy atom. The summed E-state index contributed by atoms with van der Waals surface area (Å²) in [5.41, 5.74) is 5.08. The molecule has 7 heteroatoms. The first-order chi connectivity index (χ1) is 13.1. The SMILES string of the molecule is CCc1cc2c(c(NC(=O)NS(=O)(=O)/C=C/[C@@]3(C)CCCN3C)c1C)CCC2. The van der Waals surface area contributed by atoms with Crippen molar-refractivity contribution < 1.29 is 13.2 Å². The molecule has 0 spiro atoms. The van der Waals surface area contributed by atoms with Gasteiger partial charge < -0.3 is 5.32 Å². The van der Waals surface area contributed by atoms with Crippen LogP contribution in [-0.4, -0.2) is 38.5 Å². The van der Waals surface area contributed by atoms with E-state index in [2.05, 4.69) is 27.9 Å². The van der Waals surface area contributed by atoms with Crippen LogP contribution in [0.3, 0.4) is 0 Å². The van der Waals surface area contributed by atoms with Gasteiger partial charge in [0.05, 0.1) is 0 Å². The molecule has 0 bridgehead atoms. The highest BCUT2D eigenvalue weighted by Gasteiger charge is 2.32. The predicted molar refractivity (Wildman–Crippen MR) is 113 cm³/mol. The maximum absolute atomic E-state index is 12.5. The summed E-state index contributed by atoms with van der Waals surface area (Å²) in [5, 5.41) is 3.93. The molecule has 0 unspecified atom stereocenters. The molecular formula is C21H31N3O3S. The molecule has 1 saturated heterocycles. The second-order valence-corrected chi connectivity index (χ2v) is 9.73. The molecule has 1 aromatic rings. The monoisotopic (exact) mass is 405 g/mol. The summed E-state index contributed by atoms with van der Waals surface area (Å²) in [6.45, 7) is 7.02. The van der Waals surface area contributed by atoms with Gasteiger partial charge in [0.25, 0.3) is 10.0 Å². The Labute approximate surface area is 168 Å². The zero-order valence-corrected chi connectivity index (χ0v) is 18.1. The number of nitrogens with one attached hydrogen (secondary N) is 2. The maximum atomic E-state index is 12.5. The van der Waals surface area contributed by atoms with Crippen LogP contribution in [-0.2, 0) is 29.3 Å². The molecule has 3 rings (SSSR count). The number of aryl methyl sites for hydroxylation is 2. The number of nitrogens with zero attached hydrogens (tertiary/aromatic N) is 1. The number of fused-ring (bicyclic) bond motifs is 1. The molecule has 28 heavy (non-hydrogen) atoms. The number of likely N-dealkylation sites (tertiary alicyclic amines) is 1. The lowest BCUT2D eigenvalue weighted by atomic mass is 9.96. The van der Waals surface area contributed by atoms with Crippen LogP contribution in [0.1, 0.15) is 55.4 Å². The van der Waals surface area contributed by atoms with Crippen molar-refractivity contribution in [3.8, 4) is 0 Å². The van der Waals surface area contributed by atoms with Crippen LogP contribution in [0.4, 0.5) is 10.5 Å². The highest BCUT2D eigenvalue weighted by molar-refractivity contribution is 7.92. The Bertz CT molecular complexity index is 907. The second kappa shape index (κ2) is 7.87. The molecule has 2 amide bonds. The van der Waals surface area contributed by atoms with Gasteiger partial charge in [-0.1, -0.05) is 19.1 Å². The van der Waals surface area contributed by atoms with Gasteiger partial charge in [0, 0.05) is 16.6 Å². The lowest BCUT2D eigenvalue weighted by Gasteiger charge is -2.28. The quantitative estimate of drug-likeness (QED) is 0.786. The van der Waals surface area contributed by atoms with E-state index in [1.54, 1.807) is 6.08 Å². The molecular weight excluding hydrogens is 374 g/mol. The van der Waals surface area contributed by atoms with E-state index in [-0.39, 0.29) is 5.54 Å². The highest BCUT2D eigenvalue weighted by Crippen LogP contribution is 2.34. The first-order valence-corrected chi connectivity index (χ1v) is 11.6. The maximum Gasteiger partial charge on any atom is 0.333 e. The van der Waals surface area contributed by atoms with Crippen LogP contribution in [0.2, 0.25) is 0 Å². The molecule has 0 aromatic heterocycles. The third kappa shape index (κ3) is 4.25. The van der Waals surface area contributed by atoms with Crippen molar-refractivity contribution in [2.75, 3.05) is 18.9 Å². The first kappa shape index (κ1) is 20.9. The van der Waals surface area contributed by atoms with Crippen LogP contribution >= 0.6 is 0 Å². The Kier molecular flexibility index (Phi) is 5.87. The van der Waals surface area contributed by atoms with Crippen molar-refractivity contribution in [1.29, 1.82) is 0 Å². The van der Waals surface area contributed by atoms with Crippen molar-refractivity contribution in [3.63, 3.8) is 0 Å². The highest BCUT2D eigenvalue weighted by atomic mass is 32.2. The average Bonchev–Trinajstić information content (AvgIpc) is 3.22. The normalized spacial score (nSPS) is 22.6. The van der Waals surface area contributed by atoms with Crippen molar-refractivity contribution in [3.05, 3.63) is 39.8 Å².